The first-order valence-electron chi connectivity index (χ1n) is 5.01. The zero-order valence-electron chi connectivity index (χ0n) is 7.71. The normalized spacial score (nSPS) is 39.8. The molecule has 1 aliphatic carbocycles. The van der Waals surface area contributed by atoms with Crippen molar-refractivity contribution < 1.29 is 0 Å². The molecule has 2 fully saturated rings. The summed E-state index contributed by atoms with van der Waals surface area (Å²) in [5.41, 5.74) is 0. The van der Waals surface area contributed by atoms with Gasteiger partial charge in [-0.25, -0.2) is 0 Å². The standard InChI is InChI=1S/C10H19N/c1-8-6-11(9(8)2)7-10-4-3-5-10/h8-10H,3-7H2,1-2H3. The fourth-order valence-corrected chi connectivity index (χ4v) is 2.16. The molecule has 1 nitrogen and oxygen atoms in total. The molecule has 0 N–H and O–H groups in total. The molecule has 2 aliphatic rings. The third-order valence-corrected chi connectivity index (χ3v) is 3.64. The predicted octanol–water partition coefficient (Wildman–Crippen LogP) is 2.13. The van der Waals surface area contributed by atoms with Crippen molar-refractivity contribution in [2.24, 2.45) is 11.8 Å². The van der Waals surface area contributed by atoms with E-state index >= 15 is 0 Å². The molecule has 64 valence electrons. The van der Waals surface area contributed by atoms with Gasteiger partial charge < -0.3 is 0 Å². The van der Waals surface area contributed by atoms with Crippen LogP contribution in [0.1, 0.15) is 33.1 Å². The quantitative estimate of drug-likeness (QED) is 0.587. The van der Waals surface area contributed by atoms with E-state index in [2.05, 4.69) is 18.7 Å². The summed E-state index contributed by atoms with van der Waals surface area (Å²) >= 11 is 0. The summed E-state index contributed by atoms with van der Waals surface area (Å²) in [5.74, 6) is 2.01. The summed E-state index contributed by atoms with van der Waals surface area (Å²) in [6, 6.07) is 0.871. The van der Waals surface area contributed by atoms with Crippen LogP contribution in [0.2, 0.25) is 0 Å². The first-order valence-corrected chi connectivity index (χ1v) is 5.01. The van der Waals surface area contributed by atoms with E-state index in [0.717, 1.165) is 17.9 Å². The molecule has 0 bridgehead atoms. The maximum atomic E-state index is 2.65. The molecule has 2 unspecified atom stereocenters. The minimum Gasteiger partial charge on any atom is -0.300 e. The largest absolute Gasteiger partial charge is 0.300 e. The lowest BCUT2D eigenvalue weighted by molar-refractivity contribution is 0.0116. The zero-order chi connectivity index (χ0) is 7.84. The molecule has 1 heterocycles. The molecule has 1 saturated carbocycles. The highest BCUT2D eigenvalue weighted by molar-refractivity contribution is 4.88. The lowest BCUT2D eigenvalue weighted by atomic mass is 9.82. The highest BCUT2D eigenvalue weighted by atomic mass is 15.2. The summed E-state index contributed by atoms with van der Waals surface area (Å²) in [7, 11) is 0. The second-order valence-corrected chi connectivity index (χ2v) is 4.47. The summed E-state index contributed by atoms with van der Waals surface area (Å²) in [5, 5.41) is 0. The van der Waals surface area contributed by atoms with Gasteiger partial charge in [0.2, 0.25) is 0 Å². The Labute approximate surface area is 69.8 Å². The van der Waals surface area contributed by atoms with Crippen molar-refractivity contribution in [2.45, 2.75) is 39.2 Å². The SMILES string of the molecule is CC1CN(CC2CCC2)C1C. The Balaban J connectivity index is 1.71. The Morgan fingerprint density at radius 3 is 2.36 bits per heavy atom. The summed E-state index contributed by atoms with van der Waals surface area (Å²) in [4.78, 5) is 2.65. The molecule has 0 aromatic rings. The Bertz CT molecular complexity index is 140. The Kier molecular flexibility index (Phi) is 1.92. The van der Waals surface area contributed by atoms with Gasteiger partial charge in [-0.2, -0.15) is 0 Å². The lowest BCUT2D eigenvalue weighted by Gasteiger charge is -2.47. The molecular formula is C10H19N. The van der Waals surface area contributed by atoms with Gasteiger partial charge in [0.1, 0.15) is 0 Å². The van der Waals surface area contributed by atoms with Gasteiger partial charge in [0.15, 0.2) is 0 Å². The van der Waals surface area contributed by atoms with Gasteiger partial charge in [0.25, 0.3) is 0 Å². The number of rotatable bonds is 2. The Hall–Kier alpha value is -0.0400. The van der Waals surface area contributed by atoms with E-state index in [4.69, 9.17) is 0 Å². The van der Waals surface area contributed by atoms with Crippen molar-refractivity contribution >= 4 is 0 Å². The number of nitrogens with zero attached hydrogens (tertiary/aromatic N) is 1. The van der Waals surface area contributed by atoms with Crippen LogP contribution in [-0.4, -0.2) is 24.0 Å². The fraction of sp³-hybridized carbons (Fsp3) is 1.00. The van der Waals surface area contributed by atoms with Gasteiger partial charge in [-0.05, 0) is 31.6 Å². The van der Waals surface area contributed by atoms with Crippen LogP contribution in [0.5, 0.6) is 0 Å². The van der Waals surface area contributed by atoms with E-state index < -0.39 is 0 Å². The average Bonchev–Trinajstić information content (AvgIpc) is 1.93. The smallest absolute Gasteiger partial charge is 0.0105 e. The van der Waals surface area contributed by atoms with Gasteiger partial charge in [-0.3, -0.25) is 4.90 Å². The van der Waals surface area contributed by atoms with E-state index in [0.29, 0.717) is 0 Å². The summed E-state index contributed by atoms with van der Waals surface area (Å²) in [6.45, 7) is 7.48. The molecule has 2 atom stereocenters. The van der Waals surface area contributed by atoms with E-state index in [1.165, 1.54) is 32.4 Å². The van der Waals surface area contributed by atoms with Crippen LogP contribution in [0.3, 0.4) is 0 Å². The molecule has 1 aliphatic heterocycles. The molecule has 0 aromatic carbocycles. The maximum Gasteiger partial charge on any atom is 0.0105 e. The van der Waals surface area contributed by atoms with Crippen molar-refractivity contribution in [3.63, 3.8) is 0 Å². The highest BCUT2D eigenvalue weighted by Crippen LogP contribution is 2.32. The van der Waals surface area contributed by atoms with Gasteiger partial charge in [0.05, 0.1) is 0 Å². The van der Waals surface area contributed by atoms with Gasteiger partial charge >= 0.3 is 0 Å². The molecule has 11 heavy (non-hydrogen) atoms. The monoisotopic (exact) mass is 153 g/mol. The van der Waals surface area contributed by atoms with Gasteiger partial charge in [0, 0.05) is 19.1 Å². The molecule has 1 heteroatoms. The molecule has 0 spiro atoms. The number of hydrogen-bond donors (Lipinski definition) is 0. The second kappa shape index (κ2) is 2.78. The van der Waals surface area contributed by atoms with E-state index in [1.807, 2.05) is 0 Å². The molecule has 0 amide bonds. The first kappa shape index (κ1) is 7.60. The third-order valence-electron chi connectivity index (χ3n) is 3.64. The van der Waals surface area contributed by atoms with Gasteiger partial charge in [-0.15, -0.1) is 0 Å². The second-order valence-electron chi connectivity index (χ2n) is 4.47. The molecular weight excluding hydrogens is 134 g/mol. The van der Waals surface area contributed by atoms with Crippen molar-refractivity contribution in [3.8, 4) is 0 Å². The van der Waals surface area contributed by atoms with E-state index in [9.17, 15) is 0 Å². The van der Waals surface area contributed by atoms with Crippen LogP contribution in [0.15, 0.2) is 0 Å². The topological polar surface area (TPSA) is 3.24 Å². The predicted molar refractivity (Wildman–Crippen MR) is 47.5 cm³/mol. The molecule has 2 rings (SSSR count). The van der Waals surface area contributed by atoms with Crippen molar-refractivity contribution in [1.82, 2.24) is 4.90 Å². The number of hydrogen-bond acceptors (Lipinski definition) is 1. The molecule has 1 saturated heterocycles. The van der Waals surface area contributed by atoms with E-state index in [-0.39, 0.29) is 0 Å². The maximum absolute atomic E-state index is 2.65. The minimum absolute atomic E-state index is 0.871. The fourth-order valence-electron chi connectivity index (χ4n) is 2.16. The summed E-state index contributed by atoms with van der Waals surface area (Å²) < 4.78 is 0. The zero-order valence-corrected chi connectivity index (χ0v) is 7.71. The van der Waals surface area contributed by atoms with Crippen LogP contribution in [-0.2, 0) is 0 Å². The minimum atomic E-state index is 0.871. The Morgan fingerprint density at radius 2 is 2.00 bits per heavy atom. The van der Waals surface area contributed by atoms with Crippen LogP contribution in [0.25, 0.3) is 0 Å². The highest BCUT2D eigenvalue weighted by Gasteiger charge is 2.33. The third kappa shape index (κ3) is 1.31. The molecule has 0 aromatic heterocycles. The summed E-state index contributed by atoms with van der Waals surface area (Å²) in [6.07, 6.45) is 4.48. The van der Waals surface area contributed by atoms with Crippen molar-refractivity contribution in [3.05, 3.63) is 0 Å². The van der Waals surface area contributed by atoms with Crippen LogP contribution in [0.4, 0.5) is 0 Å². The van der Waals surface area contributed by atoms with Crippen LogP contribution in [0, 0.1) is 11.8 Å². The lowest BCUT2D eigenvalue weighted by Crippen LogP contribution is -2.55. The average molecular weight is 153 g/mol. The van der Waals surface area contributed by atoms with E-state index in [1.54, 1.807) is 0 Å². The van der Waals surface area contributed by atoms with Crippen molar-refractivity contribution in [2.75, 3.05) is 13.1 Å². The van der Waals surface area contributed by atoms with Crippen LogP contribution < -0.4 is 0 Å². The number of likely N-dealkylation sites (tertiary alicyclic amines) is 1. The van der Waals surface area contributed by atoms with Crippen LogP contribution >= 0.6 is 0 Å². The molecule has 0 radical (unpaired) electrons. The Morgan fingerprint density at radius 1 is 1.27 bits per heavy atom. The van der Waals surface area contributed by atoms with Gasteiger partial charge in [-0.1, -0.05) is 13.3 Å². The van der Waals surface area contributed by atoms with Crippen molar-refractivity contribution in [1.29, 1.82) is 0 Å². The first-order chi connectivity index (χ1) is 5.27.